The molecule has 0 aliphatic heterocycles. The van der Waals surface area contributed by atoms with Crippen molar-refractivity contribution in [3.8, 4) is 0 Å². The van der Waals surface area contributed by atoms with E-state index < -0.39 is 0 Å². The maximum Gasteiger partial charge on any atom is 0.113 e. The molecule has 1 aromatic carbocycles. The van der Waals surface area contributed by atoms with Gasteiger partial charge in [-0.3, -0.25) is 0 Å². The van der Waals surface area contributed by atoms with Crippen LogP contribution >= 0.6 is 36.2 Å². The number of halogens is 2. The summed E-state index contributed by atoms with van der Waals surface area (Å²) in [5, 5.41) is 7.16. The molecule has 1 aromatic heterocycles. The van der Waals surface area contributed by atoms with Crippen molar-refractivity contribution in [1.29, 1.82) is 0 Å². The highest BCUT2D eigenvalue weighted by Crippen LogP contribution is 2.40. The summed E-state index contributed by atoms with van der Waals surface area (Å²) in [6, 6.07) is 8.11. The van der Waals surface area contributed by atoms with Crippen LogP contribution in [-0.4, -0.2) is 4.98 Å². The molecule has 1 heterocycles. The minimum absolute atomic E-state index is 0. The van der Waals surface area contributed by atoms with Gasteiger partial charge in [0, 0.05) is 23.3 Å². The van der Waals surface area contributed by atoms with Gasteiger partial charge < -0.3 is 11.1 Å². The van der Waals surface area contributed by atoms with Gasteiger partial charge in [-0.2, -0.15) is 0 Å². The lowest BCUT2D eigenvalue weighted by atomic mass is 9.98. The maximum atomic E-state index is 5.85. The molecule has 1 saturated carbocycles. The molecule has 3 nitrogen and oxygen atoms in total. The van der Waals surface area contributed by atoms with Gasteiger partial charge in [0.2, 0.25) is 0 Å². The van der Waals surface area contributed by atoms with E-state index in [1.54, 1.807) is 11.3 Å². The number of nitrogens with zero attached hydrogens (tertiary/aromatic N) is 1. The number of nitrogen functional groups attached to an aromatic ring is 1. The molecule has 6 heteroatoms. The third kappa shape index (κ3) is 4.13. The Morgan fingerprint density at radius 1 is 1.27 bits per heavy atom. The van der Waals surface area contributed by atoms with Gasteiger partial charge in [0.25, 0.3) is 0 Å². The van der Waals surface area contributed by atoms with E-state index in [4.69, 9.17) is 10.7 Å². The zero-order chi connectivity index (χ0) is 14.0. The van der Waals surface area contributed by atoms with Crippen molar-refractivity contribution in [1.82, 2.24) is 10.3 Å². The van der Waals surface area contributed by atoms with E-state index in [0.29, 0.717) is 0 Å². The number of thiazole rings is 1. The van der Waals surface area contributed by atoms with E-state index in [0.717, 1.165) is 17.9 Å². The van der Waals surface area contributed by atoms with Crippen LogP contribution in [0, 0.1) is 6.92 Å². The molecular weight excluding hydrogens is 337 g/mol. The topological polar surface area (TPSA) is 50.9 Å². The molecular formula is C16H23Cl2N3S. The Hall–Kier alpha value is -0.810. The normalized spacial score (nSPS) is 15.9. The Morgan fingerprint density at radius 3 is 2.59 bits per heavy atom. The molecule has 1 aliphatic carbocycles. The third-order valence-corrected chi connectivity index (χ3v) is 5.23. The summed E-state index contributed by atoms with van der Waals surface area (Å²) in [6.45, 7) is 2.92. The zero-order valence-electron chi connectivity index (χ0n) is 12.7. The van der Waals surface area contributed by atoms with Gasteiger partial charge in [0.1, 0.15) is 5.01 Å². The average molecular weight is 360 g/mol. The van der Waals surface area contributed by atoms with Crippen LogP contribution in [0.2, 0.25) is 0 Å². The molecule has 0 unspecified atom stereocenters. The molecule has 0 radical (unpaired) electrons. The van der Waals surface area contributed by atoms with E-state index >= 15 is 0 Å². The Morgan fingerprint density at radius 2 is 2.00 bits per heavy atom. The molecule has 0 amide bonds. The van der Waals surface area contributed by atoms with Gasteiger partial charge in [-0.1, -0.05) is 25.0 Å². The highest BCUT2D eigenvalue weighted by atomic mass is 35.5. The van der Waals surface area contributed by atoms with Crippen molar-refractivity contribution in [2.75, 3.05) is 5.73 Å². The van der Waals surface area contributed by atoms with Crippen LogP contribution in [0.1, 0.15) is 41.9 Å². The van der Waals surface area contributed by atoms with E-state index in [2.05, 4.69) is 23.7 Å². The average Bonchev–Trinajstić information content (AvgIpc) is 3.06. The summed E-state index contributed by atoms with van der Waals surface area (Å²) in [5.41, 5.74) is 9.12. The number of rotatable bonds is 4. The van der Waals surface area contributed by atoms with Crippen LogP contribution in [0.25, 0.3) is 0 Å². The molecule has 0 atom stereocenters. The monoisotopic (exact) mass is 359 g/mol. The quantitative estimate of drug-likeness (QED) is 0.793. The van der Waals surface area contributed by atoms with E-state index in [1.165, 1.54) is 36.3 Å². The Kier molecular flexibility index (Phi) is 7.13. The lowest BCUT2D eigenvalue weighted by Crippen LogP contribution is -2.39. The molecule has 1 aliphatic rings. The van der Waals surface area contributed by atoms with Gasteiger partial charge in [0.05, 0.1) is 5.54 Å². The van der Waals surface area contributed by atoms with Crippen molar-refractivity contribution in [3.63, 3.8) is 0 Å². The molecule has 2 aromatic rings. The largest absolute Gasteiger partial charge is 0.399 e. The molecule has 22 heavy (non-hydrogen) atoms. The lowest BCUT2D eigenvalue weighted by molar-refractivity contribution is 0.337. The van der Waals surface area contributed by atoms with Crippen molar-refractivity contribution in [3.05, 3.63) is 45.9 Å². The minimum atomic E-state index is 0. The van der Waals surface area contributed by atoms with Crippen molar-refractivity contribution >= 4 is 41.8 Å². The molecule has 1 fully saturated rings. The fraction of sp³-hybridized carbons (Fsp3) is 0.438. The molecule has 0 bridgehead atoms. The highest BCUT2D eigenvalue weighted by Gasteiger charge is 2.37. The first-order valence-electron chi connectivity index (χ1n) is 7.20. The second kappa shape index (κ2) is 8.16. The van der Waals surface area contributed by atoms with Crippen molar-refractivity contribution in [2.24, 2.45) is 0 Å². The van der Waals surface area contributed by atoms with Gasteiger partial charge >= 0.3 is 0 Å². The van der Waals surface area contributed by atoms with Gasteiger partial charge in [0.15, 0.2) is 0 Å². The standard InChI is InChI=1S/C16H21N3S.2ClH/c1-12-11-20-15(19-12)16(7-2-3-8-16)18-10-13-5-4-6-14(17)9-13;;/h4-6,9,11,18H,2-3,7-8,10,17H2,1H3;2*1H. The third-order valence-electron chi connectivity index (χ3n) is 4.07. The number of anilines is 1. The fourth-order valence-electron chi connectivity index (χ4n) is 2.99. The summed E-state index contributed by atoms with van der Waals surface area (Å²) in [5.74, 6) is 0. The first-order chi connectivity index (χ1) is 9.68. The van der Waals surface area contributed by atoms with Gasteiger partial charge in [-0.05, 0) is 37.5 Å². The van der Waals surface area contributed by atoms with Crippen LogP contribution in [0.3, 0.4) is 0 Å². The van der Waals surface area contributed by atoms with Crippen LogP contribution in [-0.2, 0) is 12.1 Å². The lowest BCUT2D eigenvalue weighted by Gasteiger charge is -2.28. The van der Waals surface area contributed by atoms with Crippen LogP contribution in [0.4, 0.5) is 5.69 Å². The van der Waals surface area contributed by atoms with Crippen molar-refractivity contribution < 1.29 is 0 Å². The van der Waals surface area contributed by atoms with Crippen LogP contribution in [0.15, 0.2) is 29.6 Å². The number of nitrogens with one attached hydrogen (secondary N) is 1. The zero-order valence-corrected chi connectivity index (χ0v) is 15.1. The Bertz CT molecular complexity index is 595. The Labute approximate surface area is 148 Å². The first-order valence-corrected chi connectivity index (χ1v) is 8.08. The maximum absolute atomic E-state index is 5.85. The molecule has 3 N–H and O–H groups in total. The number of hydrogen-bond acceptors (Lipinski definition) is 4. The smallest absolute Gasteiger partial charge is 0.113 e. The van der Waals surface area contributed by atoms with E-state index in [1.807, 2.05) is 18.2 Å². The summed E-state index contributed by atoms with van der Waals surface area (Å²) in [7, 11) is 0. The number of aryl methyl sites for hydroxylation is 1. The summed E-state index contributed by atoms with van der Waals surface area (Å²) in [4.78, 5) is 4.73. The van der Waals surface area contributed by atoms with Crippen LogP contribution in [0.5, 0.6) is 0 Å². The summed E-state index contributed by atoms with van der Waals surface area (Å²) >= 11 is 1.79. The second-order valence-electron chi connectivity index (χ2n) is 5.68. The summed E-state index contributed by atoms with van der Waals surface area (Å²) in [6.07, 6.45) is 4.93. The number of nitrogens with two attached hydrogens (primary N) is 1. The fourth-order valence-corrected chi connectivity index (χ4v) is 4.03. The molecule has 0 spiro atoms. The van der Waals surface area contributed by atoms with Crippen LogP contribution < -0.4 is 11.1 Å². The second-order valence-corrected chi connectivity index (χ2v) is 6.54. The Balaban J connectivity index is 0.00000121. The molecule has 0 saturated heterocycles. The molecule has 122 valence electrons. The number of hydrogen-bond donors (Lipinski definition) is 2. The van der Waals surface area contributed by atoms with E-state index in [9.17, 15) is 0 Å². The summed E-state index contributed by atoms with van der Waals surface area (Å²) < 4.78 is 0. The first kappa shape index (κ1) is 19.2. The minimum Gasteiger partial charge on any atom is -0.399 e. The predicted molar refractivity (Wildman–Crippen MR) is 99.2 cm³/mol. The number of aromatic nitrogens is 1. The SMILES string of the molecule is Cc1csc(C2(NCc3cccc(N)c3)CCCC2)n1.Cl.Cl. The van der Waals surface area contributed by atoms with Crippen molar-refractivity contribution in [2.45, 2.75) is 44.7 Å². The predicted octanol–water partition coefficient (Wildman–Crippen LogP) is 4.44. The van der Waals surface area contributed by atoms with E-state index in [-0.39, 0.29) is 30.4 Å². The van der Waals surface area contributed by atoms with Gasteiger partial charge in [-0.15, -0.1) is 36.2 Å². The number of benzene rings is 1. The highest BCUT2D eigenvalue weighted by molar-refractivity contribution is 7.09. The molecule has 3 rings (SSSR count). The van der Waals surface area contributed by atoms with Gasteiger partial charge in [-0.25, -0.2) is 4.98 Å².